The monoisotopic (exact) mass is 219 g/mol. The van der Waals surface area contributed by atoms with Crippen LogP contribution >= 0.6 is 0 Å². The van der Waals surface area contributed by atoms with Gasteiger partial charge in [-0.2, -0.15) is 0 Å². The molecular formula is C10H13N5O. The average molecular weight is 219 g/mol. The van der Waals surface area contributed by atoms with E-state index in [1.807, 2.05) is 18.4 Å². The van der Waals surface area contributed by atoms with Crippen LogP contribution in [0.1, 0.15) is 13.8 Å². The normalized spacial score (nSPS) is 10.4. The van der Waals surface area contributed by atoms with Crippen LogP contribution in [0, 0.1) is 0 Å². The third kappa shape index (κ3) is 1.87. The zero-order valence-electron chi connectivity index (χ0n) is 9.18. The molecule has 0 spiro atoms. The predicted octanol–water partition coefficient (Wildman–Crippen LogP) is 1.59. The van der Waals surface area contributed by atoms with Crippen molar-refractivity contribution in [1.82, 2.24) is 19.5 Å². The Morgan fingerprint density at radius 2 is 2.25 bits per heavy atom. The van der Waals surface area contributed by atoms with Crippen molar-refractivity contribution in [1.29, 1.82) is 0 Å². The molecule has 2 aromatic rings. The maximum absolute atomic E-state index is 8.96. The van der Waals surface area contributed by atoms with Crippen LogP contribution in [-0.4, -0.2) is 24.7 Å². The molecule has 2 heterocycles. The minimum absolute atomic E-state index is 0.365. The molecule has 0 fully saturated rings. The quantitative estimate of drug-likeness (QED) is 0.605. The molecule has 0 unspecified atom stereocenters. The molecule has 2 aromatic heterocycles. The van der Waals surface area contributed by atoms with Gasteiger partial charge in [-0.25, -0.2) is 15.0 Å². The lowest BCUT2D eigenvalue weighted by molar-refractivity contribution is 0.386. The van der Waals surface area contributed by atoms with Gasteiger partial charge in [0.05, 0.1) is 6.33 Å². The molecule has 0 aliphatic carbocycles. The molecule has 6 nitrogen and oxygen atoms in total. The molecule has 0 amide bonds. The van der Waals surface area contributed by atoms with Crippen molar-refractivity contribution in [2.24, 2.45) is 0 Å². The van der Waals surface area contributed by atoms with Crippen molar-refractivity contribution in [2.75, 3.05) is 5.48 Å². The van der Waals surface area contributed by atoms with Crippen LogP contribution < -0.4 is 5.48 Å². The highest BCUT2D eigenvalue weighted by atomic mass is 16.5. The second-order valence-corrected chi connectivity index (χ2v) is 3.68. The summed E-state index contributed by atoms with van der Waals surface area (Å²) in [7, 11) is 0. The lowest BCUT2D eigenvalue weighted by Crippen LogP contribution is -2.00. The van der Waals surface area contributed by atoms with Gasteiger partial charge in [-0.15, -0.1) is 0 Å². The molecule has 84 valence electrons. The third-order valence-corrected chi connectivity index (χ3v) is 2.21. The Balaban J connectivity index is 2.49. The zero-order valence-corrected chi connectivity index (χ0v) is 9.18. The van der Waals surface area contributed by atoms with Gasteiger partial charge >= 0.3 is 0 Å². The SMILES string of the molecule is CC(C)=CCn1cnc2ncnc(NO)c21. The average Bonchev–Trinajstić information content (AvgIpc) is 2.69. The Hall–Kier alpha value is -1.95. The van der Waals surface area contributed by atoms with Gasteiger partial charge in [-0.05, 0) is 13.8 Å². The third-order valence-electron chi connectivity index (χ3n) is 2.21. The van der Waals surface area contributed by atoms with Gasteiger partial charge < -0.3 is 4.57 Å². The molecule has 2 N–H and O–H groups in total. The van der Waals surface area contributed by atoms with E-state index in [0.717, 1.165) is 0 Å². The van der Waals surface area contributed by atoms with Crippen molar-refractivity contribution in [3.05, 3.63) is 24.3 Å². The van der Waals surface area contributed by atoms with E-state index in [0.29, 0.717) is 23.5 Å². The Morgan fingerprint density at radius 3 is 2.94 bits per heavy atom. The molecule has 0 radical (unpaired) electrons. The number of aromatic nitrogens is 4. The number of nitrogens with zero attached hydrogens (tertiary/aromatic N) is 4. The number of rotatable bonds is 3. The highest BCUT2D eigenvalue weighted by molar-refractivity contribution is 5.82. The number of hydrogen-bond acceptors (Lipinski definition) is 5. The van der Waals surface area contributed by atoms with E-state index in [2.05, 4.69) is 26.5 Å². The maximum atomic E-state index is 8.96. The zero-order chi connectivity index (χ0) is 11.5. The smallest absolute Gasteiger partial charge is 0.183 e. The molecule has 0 aliphatic heterocycles. The van der Waals surface area contributed by atoms with Crippen LogP contribution in [0.5, 0.6) is 0 Å². The topological polar surface area (TPSA) is 75.9 Å². The number of allylic oxidation sites excluding steroid dienone is 2. The van der Waals surface area contributed by atoms with Crippen LogP contribution in [-0.2, 0) is 6.54 Å². The number of fused-ring (bicyclic) bond motifs is 1. The first-order valence-corrected chi connectivity index (χ1v) is 4.91. The summed E-state index contributed by atoms with van der Waals surface area (Å²) < 4.78 is 1.88. The molecule has 0 atom stereocenters. The lowest BCUT2D eigenvalue weighted by Gasteiger charge is -2.03. The van der Waals surface area contributed by atoms with Crippen LogP contribution in [0.3, 0.4) is 0 Å². The van der Waals surface area contributed by atoms with E-state index in [9.17, 15) is 0 Å². The highest BCUT2D eigenvalue weighted by Gasteiger charge is 2.08. The Morgan fingerprint density at radius 1 is 1.44 bits per heavy atom. The standard InChI is InChI=1S/C10H13N5O/c1-7(2)3-4-15-6-13-9-8(15)10(14-16)12-5-11-9/h3,5-6,16H,4H2,1-2H3,(H,11,12,14). The van der Waals surface area contributed by atoms with Gasteiger partial charge in [0.25, 0.3) is 0 Å². The van der Waals surface area contributed by atoms with Gasteiger partial charge in [0.1, 0.15) is 11.8 Å². The maximum Gasteiger partial charge on any atom is 0.183 e. The van der Waals surface area contributed by atoms with Crippen LogP contribution in [0.15, 0.2) is 24.3 Å². The first kappa shape index (κ1) is 10.6. The minimum atomic E-state index is 0.365. The second kappa shape index (κ2) is 4.28. The Bertz CT molecular complexity index is 527. The number of imidazole rings is 1. The fraction of sp³-hybridized carbons (Fsp3) is 0.300. The molecule has 0 bridgehead atoms. The first-order valence-electron chi connectivity index (χ1n) is 4.91. The fourth-order valence-electron chi connectivity index (χ4n) is 1.41. The summed E-state index contributed by atoms with van der Waals surface area (Å²) in [5.74, 6) is 0.365. The molecule has 6 heteroatoms. The molecule has 16 heavy (non-hydrogen) atoms. The molecule has 0 saturated carbocycles. The number of nitrogens with one attached hydrogen (secondary N) is 1. The van der Waals surface area contributed by atoms with Crippen molar-refractivity contribution in [3.8, 4) is 0 Å². The fourth-order valence-corrected chi connectivity index (χ4v) is 1.41. The minimum Gasteiger partial charge on any atom is -0.322 e. The van der Waals surface area contributed by atoms with Gasteiger partial charge in [0, 0.05) is 6.54 Å². The lowest BCUT2D eigenvalue weighted by atomic mass is 10.3. The van der Waals surface area contributed by atoms with E-state index in [4.69, 9.17) is 5.21 Å². The van der Waals surface area contributed by atoms with Crippen LogP contribution in [0.2, 0.25) is 0 Å². The molecule has 0 aliphatic rings. The summed E-state index contributed by atoms with van der Waals surface area (Å²) in [6, 6.07) is 0. The van der Waals surface area contributed by atoms with E-state index in [1.165, 1.54) is 11.9 Å². The summed E-state index contributed by atoms with van der Waals surface area (Å²) in [6.07, 6.45) is 5.11. The van der Waals surface area contributed by atoms with Crippen molar-refractivity contribution in [2.45, 2.75) is 20.4 Å². The molecular weight excluding hydrogens is 206 g/mol. The largest absolute Gasteiger partial charge is 0.322 e. The van der Waals surface area contributed by atoms with Crippen molar-refractivity contribution in [3.63, 3.8) is 0 Å². The summed E-state index contributed by atoms with van der Waals surface area (Å²) in [4.78, 5) is 12.1. The number of anilines is 1. The van der Waals surface area contributed by atoms with Gasteiger partial charge in [-0.1, -0.05) is 11.6 Å². The highest BCUT2D eigenvalue weighted by Crippen LogP contribution is 2.17. The molecule has 0 aromatic carbocycles. The van der Waals surface area contributed by atoms with E-state index in [-0.39, 0.29) is 0 Å². The summed E-state index contributed by atoms with van der Waals surface area (Å²) in [6.45, 7) is 4.74. The van der Waals surface area contributed by atoms with Crippen LogP contribution in [0.25, 0.3) is 11.2 Å². The van der Waals surface area contributed by atoms with Crippen molar-refractivity contribution < 1.29 is 5.21 Å². The van der Waals surface area contributed by atoms with Crippen molar-refractivity contribution >= 4 is 17.0 Å². The van der Waals surface area contributed by atoms with Gasteiger partial charge in [0.2, 0.25) is 0 Å². The molecule has 2 rings (SSSR count). The van der Waals surface area contributed by atoms with Crippen LogP contribution in [0.4, 0.5) is 5.82 Å². The Labute approximate surface area is 92.6 Å². The first-order chi connectivity index (χ1) is 7.72. The predicted molar refractivity (Wildman–Crippen MR) is 60.2 cm³/mol. The van der Waals surface area contributed by atoms with E-state index in [1.54, 1.807) is 6.33 Å². The van der Waals surface area contributed by atoms with E-state index >= 15 is 0 Å². The van der Waals surface area contributed by atoms with Gasteiger partial charge in [-0.3, -0.25) is 10.7 Å². The second-order valence-electron chi connectivity index (χ2n) is 3.68. The molecule has 0 saturated heterocycles. The van der Waals surface area contributed by atoms with E-state index < -0.39 is 0 Å². The summed E-state index contributed by atoms with van der Waals surface area (Å²) in [5, 5.41) is 8.96. The Kier molecular flexibility index (Phi) is 2.82. The van der Waals surface area contributed by atoms with Gasteiger partial charge in [0.15, 0.2) is 11.5 Å². The summed E-state index contributed by atoms with van der Waals surface area (Å²) >= 11 is 0. The number of hydrogen-bond donors (Lipinski definition) is 2. The summed E-state index contributed by atoms with van der Waals surface area (Å²) in [5.41, 5.74) is 4.53.